The van der Waals surface area contributed by atoms with E-state index in [4.69, 9.17) is 10.9 Å². The predicted molar refractivity (Wildman–Crippen MR) is 87.4 cm³/mol. The molecule has 0 aromatic heterocycles. The molecule has 0 aliphatic carbocycles. The molecule has 2 aromatic carbocycles. The SMILES string of the molecule is Nc1c(Nc2c(Br)cccc2Br)cccc1S(N)(=O)=O. The lowest BCUT2D eigenvalue weighted by molar-refractivity contribution is 0.598. The minimum absolute atomic E-state index is 0.0812. The number of nitrogens with one attached hydrogen (secondary N) is 1. The van der Waals surface area contributed by atoms with Crippen molar-refractivity contribution in [1.82, 2.24) is 0 Å². The molecule has 0 radical (unpaired) electrons. The van der Waals surface area contributed by atoms with Crippen LogP contribution in [0.25, 0.3) is 0 Å². The second-order valence-electron chi connectivity index (χ2n) is 3.98. The molecule has 2 rings (SSSR count). The summed E-state index contributed by atoms with van der Waals surface area (Å²) in [5.74, 6) is 0. The first-order valence-electron chi connectivity index (χ1n) is 5.43. The van der Waals surface area contributed by atoms with Gasteiger partial charge in [0.05, 0.1) is 17.1 Å². The minimum atomic E-state index is -3.86. The Balaban J connectivity index is 2.51. The molecule has 0 heterocycles. The summed E-state index contributed by atoms with van der Waals surface area (Å²) < 4.78 is 24.5. The molecule has 0 spiro atoms. The fraction of sp³-hybridized carbons (Fsp3) is 0. The maximum absolute atomic E-state index is 11.4. The summed E-state index contributed by atoms with van der Waals surface area (Å²) in [6.45, 7) is 0. The summed E-state index contributed by atoms with van der Waals surface area (Å²) >= 11 is 6.82. The van der Waals surface area contributed by atoms with Crippen LogP contribution in [0.3, 0.4) is 0 Å². The van der Waals surface area contributed by atoms with Crippen molar-refractivity contribution >= 4 is 58.9 Å². The van der Waals surface area contributed by atoms with Gasteiger partial charge in [0.1, 0.15) is 4.90 Å². The van der Waals surface area contributed by atoms with Crippen LogP contribution in [0.15, 0.2) is 50.2 Å². The highest BCUT2D eigenvalue weighted by Crippen LogP contribution is 2.36. The number of hydrogen-bond acceptors (Lipinski definition) is 4. The second-order valence-corrected chi connectivity index (χ2v) is 7.22. The zero-order valence-corrected chi connectivity index (χ0v) is 14.1. The van der Waals surface area contributed by atoms with Gasteiger partial charge >= 0.3 is 0 Å². The standard InChI is InChI=1S/C12H11Br2N3O2S/c13-7-3-1-4-8(14)12(7)17-9-5-2-6-10(11(9)15)20(16,18)19/h1-6,17H,15H2,(H2,16,18,19). The van der Waals surface area contributed by atoms with Crippen molar-refractivity contribution in [2.75, 3.05) is 11.1 Å². The van der Waals surface area contributed by atoms with E-state index in [1.807, 2.05) is 18.2 Å². The van der Waals surface area contributed by atoms with Crippen molar-refractivity contribution in [3.63, 3.8) is 0 Å². The van der Waals surface area contributed by atoms with Crippen molar-refractivity contribution in [3.05, 3.63) is 45.3 Å². The van der Waals surface area contributed by atoms with Gasteiger partial charge in [0.2, 0.25) is 10.0 Å². The number of primary sulfonamides is 1. The molecule has 106 valence electrons. The monoisotopic (exact) mass is 419 g/mol. The minimum Gasteiger partial charge on any atom is -0.396 e. The lowest BCUT2D eigenvalue weighted by Gasteiger charge is -2.14. The first kappa shape index (κ1) is 15.3. The van der Waals surface area contributed by atoms with Crippen LogP contribution in [0.4, 0.5) is 17.1 Å². The molecule has 0 fully saturated rings. The van der Waals surface area contributed by atoms with Crippen LogP contribution in [0.1, 0.15) is 0 Å². The summed E-state index contributed by atoms with van der Waals surface area (Å²) in [7, 11) is -3.86. The third-order valence-corrected chi connectivity index (χ3v) is 4.89. The van der Waals surface area contributed by atoms with Gasteiger partial charge in [-0.25, -0.2) is 13.6 Å². The number of nitrogen functional groups attached to an aromatic ring is 1. The fourth-order valence-corrected chi connectivity index (χ4v) is 3.53. The average Bonchev–Trinajstić information content (AvgIpc) is 2.34. The number of rotatable bonds is 3. The van der Waals surface area contributed by atoms with Gasteiger partial charge in [-0.05, 0) is 56.1 Å². The molecule has 5 N–H and O–H groups in total. The first-order chi connectivity index (χ1) is 9.30. The average molecular weight is 421 g/mol. The Labute approximate surface area is 133 Å². The third-order valence-electron chi connectivity index (χ3n) is 2.60. The number of sulfonamides is 1. The Hall–Kier alpha value is -1.09. The van der Waals surface area contributed by atoms with Gasteiger partial charge in [0.25, 0.3) is 0 Å². The van der Waals surface area contributed by atoms with Gasteiger partial charge in [0, 0.05) is 8.95 Å². The van der Waals surface area contributed by atoms with Crippen molar-refractivity contribution in [2.24, 2.45) is 5.14 Å². The predicted octanol–water partition coefficient (Wildman–Crippen LogP) is 3.18. The fourth-order valence-electron chi connectivity index (χ4n) is 1.65. The van der Waals surface area contributed by atoms with E-state index < -0.39 is 10.0 Å². The summed E-state index contributed by atoms with van der Waals surface area (Å²) in [6.07, 6.45) is 0. The molecule has 0 bridgehead atoms. The maximum Gasteiger partial charge on any atom is 0.240 e. The Bertz CT molecular complexity index is 743. The number of para-hydroxylation sites is 2. The van der Waals surface area contributed by atoms with E-state index >= 15 is 0 Å². The van der Waals surface area contributed by atoms with E-state index in [9.17, 15) is 8.42 Å². The normalized spacial score (nSPS) is 11.3. The van der Waals surface area contributed by atoms with Crippen LogP contribution in [0.5, 0.6) is 0 Å². The topological polar surface area (TPSA) is 98.2 Å². The van der Waals surface area contributed by atoms with Crippen LogP contribution in [-0.2, 0) is 10.0 Å². The molecule has 0 saturated carbocycles. The summed E-state index contributed by atoms with van der Waals surface area (Å²) in [4.78, 5) is -0.106. The molecular formula is C12H11Br2N3O2S. The summed E-state index contributed by atoms with van der Waals surface area (Å²) in [5, 5.41) is 8.21. The molecule has 0 unspecified atom stereocenters. The summed E-state index contributed by atoms with van der Waals surface area (Å²) in [5.41, 5.74) is 7.15. The molecule has 20 heavy (non-hydrogen) atoms. The van der Waals surface area contributed by atoms with Crippen LogP contribution in [0, 0.1) is 0 Å². The molecule has 0 aliphatic heterocycles. The maximum atomic E-state index is 11.4. The highest BCUT2D eigenvalue weighted by molar-refractivity contribution is 9.11. The second kappa shape index (κ2) is 5.72. The van der Waals surface area contributed by atoms with E-state index in [1.54, 1.807) is 12.1 Å². The largest absolute Gasteiger partial charge is 0.396 e. The van der Waals surface area contributed by atoms with Crippen molar-refractivity contribution in [2.45, 2.75) is 4.90 Å². The molecular weight excluding hydrogens is 410 g/mol. The van der Waals surface area contributed by atoms with Gasteiger partial charge in [-0.2, -0.15) is 0 Å². The first-order valence-corrected chi connectivity index (χ1v) is 8.56. The zero-order valence-electron chi connectivity index (χ0n) is 10.1. The van der Waals surface area contributed by atoms with E-state index in [1.165, 1.54) is 6.07 Å². The van der Waals surface area contributed by atoms with E-state index in [2.05, 4.69) is 37.2 Å². The Kier molecular flexibility index (Phi) is 4.38. The van der Waals surface area contributed by atoms with Crippen molar-refractivity contribution < 1.29 is 8.42 Å². The van der Waals surface area contributed by atoms with Crippen LogP contribution < -0.4 is 16.2 Å². The van der Waals surface area contributed by atoms with Gasteiger partial charge < -0.3 is 11.1 Å². The van der Waals surface area contributed by atoms with Crippen LogP contribution >= 0.6 is 31.9 Å². The van der Waals surface area contributed by atoms with Gasteiger partial charge in [-0.1, -0.05) is 12.1 Å². The quantitative estimate of drug-likeness (QED) is 0.664. The lowest BCUT2D eigenvalue weighted by Crippen LogP contribution is -2.15. The van der Waals surface area contributed by atoms with Gasteiger partial charge in [-0.15, -0.1) is 0 Å². The number of halogens is 2. The Morgan fingerprint density at radius 2 is 1.55 bits per heavy atom. The molecule has 8 heteroatoms. The molecule has 5 nitrogen and oxygen atoms in total. The smallest absolute Gasteiger partial charge is 0.240 e. The number of anilines is 3. The zero-order chi connectivity index (χ0) is 14.9. The van der Waals surface area contributed by atoms with Crippen LogP contribution in [-0.4, -0.2) is 8.42 Å². The van der Waals surface area contributed by atoms with E-state index in [-0.39, 0.29) is 10.6 Å². The molecule has 0 atom stereocenters. The number of hydrogen-bond donors (Lipinski definition) is 3. The Morgan fingerprint density at radius 1 is 1.00 bits per heavy atom. The lowest BCUT2D eigenvalue weighted by atomic mass is 10.2. The van der Waals surface area contributed by atoms with Crippen molar-refractivity contribution in [1.29, 1.82) is 0 Å². The Morgan fingerprint density at radius 3 is 2.10 bits per heavy atom. The molecule has 2 aromatic rings. The van der Waals surface area contributed by atoms with E-state index in [0.29, 0.717) is 5.69 Å². The van der Waals surface area contributed by atoms with Gasteiger partial charge in [0.15, 0.2) is 0 Å². The highest BCUT2D eigenvalue weighted by atomic mass is 79.9. The highest BCUT2D eigenvalue weighted by Gasteiger charge is 2.15. The van der Waals surface area contributed by atoms with Crippen molar-refractivity contribution in [3.8, 4) is 0 Å². The third kappa shape index (κ3) is 3.14. The summed E-state index contributed by atoms with van der Waals surface area (Å²) in [6, 6.07) is 10.2. The molecule has 0 saturated heterocycles. The van der Waals surface area contributed by atoms with E-state index in [0.717, 1.165) is 14.6 Å². The van der Waals surface area contributed by atoms with Crippen LogP contribution in [0.2, 0.25) is 0 Å². The number of nitrogens with two attached hydrogens (primary N) is 2. The number of benzene rings is 2. The molecule has 0 aliphatic rings. The van der Waals surface area contributed by atoms with Gasteiger partial charge in [-0.3, -0.25) is 0 Å². The molecule has 0 amide bonds.